The molecule has 0 aliphatic carbocycles. The zero-order chi connectivity index (χ0) is 30.7. The molecule has 11 heteroatoms. The van der Waals surface area contributed by atoms with E-state index < -0.39 is 28.7 Å². The van der Waals surface area contributed by atoms with Gasteiger partial charge in [0.2, 0.25) is 0 Å². The van der Waals surface area contributed by atoms with E-state index in [4.69, 9.17) is 4.98 Å². The van der Waals surface area contributed by atoms with Crippen LogP contribution in [0.4, 0.5) is 17.6 Å². The van der Waals surface area contributed by atoms with E-state index in [-0.39, 0.29) is 5.41 Å². The first-order valence-corrected chi connectivity index (χ1v) is 15.3. The summed E-state index contributed by atoms with van der Waals surface area (Å²) in [5.41, 5.74) is 3.08. The van der Waals surface area contributed by atoms with Crippen LogP contribution in [0.3, 0.4) is 0 Å². The topological polar surface area (TPSA) is 61.9 Å². The number of fused-ring (bicyclic) bond motifs is 1. The molecular weight excluding hydrogens is 568 g/mol. The fraction of sp³-hybridized carbons (Fsp3) is 0.419. The van der Waals surface area contributed by atoms with Gasteiger partial charge in [0, 0.05) is 52.7 Å². The van der Waals surface area contributed by atoms with Crippen molar-refractivity contribution in [1.29, 1.82) is 0 Å². The standard InChI is InChI=1S/C31H36F4N4O2S/c1-6-21(2)20-42(40)15-7-13-30(3,4)14-12-23-18-39(24-17-36-38(5)19-24)29-25(23)9-10-27(37-29)22-8-11-28(26(32)16-22)41-31(33,34)35/h7-11,13,16-19,21H,6,12,14-15,20H2,1-5H3/b13-7+. The summed E-state index contributed by atoms with van der Waals surface area (Å²) in [6.45, 7) is 8.53. The normalized spacial score (nSPS) is 14.1. The van der Waals surface area contributed by atoms with Crippen molar-refractivity contribution in [3.8, 4) is 22.7 Å². The molecule has 0 bridgehead atoms. The predicted molar refractivity (Wildman–Crippen MR) is 158 cm³/mol. The number of allylic oxidation sites excluding steroid dienone is 1. The van der Waals surface area contributed by atoms with Gasteiger partial charge in [0.1, 0.15) is 5.65 Å². The quantitative estimate of drug-likeness (QED) is 0.122. The Labute approximate surface area is 245 Å². The number of pyridine rings is 1. The Morgan fingerprint density at radius 3 is 2.55 bits per heavy atom. The largest absolute Gasteiger partial charge is 0.573 e. The van der Waals surface area contributed by atoms with Gasteiger partial charge in [0.15, 0.2) is 11.6 Å². The van der Waals surface area contributed by atoms with E-state index in [1.54, 1.807) is 16.9 Å². The fourth-order valence-electron chi connectivity index (χ4n) is 4.64. The molecule has 2 unspecified atom stereocenters. The zero-order valence-corrected chi connectivity index (χ0v) is 25.2. The minimum atomic E-state index is -4.99. The van der Waals surface area contributed by atoms with E-state index >= 15 is 0 Å². The van der Waals surface area contributed by atoms with Gasteiger partial charge in [-0.2, -0.15) is 5.10 Å². The van der Waals surface area contributed by atoms with E-state index in [0.717, 1.165) is 48.0 Å². The number of aromatic nitrogens is 4. The number of nitrogens with zero attached hydrogens (tertiary/aromatic N) is 4. The molecule has 0 saturated heterocycles. The first-order valence-electron chi connectivity index (χ1n) is 13.8. The maximum Gasteiger partial charge on any atom is 0.573 e. The van der Waals surface area contributed by atoms with Gasteiger partial charge >= 0.3 is 6.36 Å². The minimum absolute atomic E-state index is 0.131. The minimum Gasteiger partial charge on any atom is -0.403 e. The molecule has 0 amide bonds. The highest BCUT2D eigenvalue weighted by Crippen LogP contribution is 2.33. The van der Waals surface area contributed by atoms with Crippen LogP contribution in [0.25, 0.3) is 28.0 Å². The third-order valence-electron chi connectivity index (χ3n) is 7.21. The second-order valence-electron chi connectivity index (χ2n) is 11.3. The molecule has 0 N–H and O–H groups in total. The van der Waals surface area contributed by atoms with Crippen molar-refractivity contribution in [3.63, 3.8) is 0 Å². The second-order valence-corrected chi connectivity index (χ2v) is 12.9. The lowest BCUT2D eigenvalue weighted by Crippen LogP contribution is -2.17. The third kappa shape index (κ3) is 8.08. The molecule has 0 saturated carbocycles. The van der Waals surface area contributed by atoms with Crippen LogP contribution >= 0.6 is 0 Å². The average Bonchev–Trinajstić information content (AvgIpc) is 3.50. The Kier molecular flexibility index (Phi) is 9.60. The van der Waals surface area contributed by atoms with E-state index in [1.165, 1.54) is 6.07 Å². The van der Waals surface area contributed by atoms with Crippen LogP contribution in [0.15, 0.2) is 61.1 Å². The van der Waals surface area contributed by atoms with E-state index in [1.807, 2.05) is 36.2 Å². The lowest BCUT2D eigenvalue weighted by molar-refractivity contribution is -0.275. The van der Waals surface area contributed by atoms with Crippen molar-refractivity contribution in [2.24, 2.45) is 18.4 Å². The highest BCUT2D eigenvalue weighted by Gasteiger charge is 2.32. The van der Waals surface area contributed by atoms with E-state index in [9.17, 15) is 21.8 Å². The van der Waals surface area contributed by atoms with Gasteiger partial charge in [-0.15, -0.1) is 13.2 Å². The van der Waals surface area contributed by atoms with Crippen LogP contribution < -0.4 is 4.74 Å². The zero-order valence-electron chi connectivity index (χ0n) is 24.4. The van der Waals surface area contributed by atoms with Crippen LogP contribution in [-0.2, 0) is 24.3 Å². The summed E-state index contributed by atoms with van der Waals surface area (Å²) in [5, 5.41) is 5.19. The fourth-order valence-corrected chi connectivity index (χ4v) is 5.96. The first-order chi connectivity index (χ1) is 19.7. The summed E-state index contributed by atoms with van der Waals surface area (Å²) in [6.07, 6.45) is 7.35. The molecule has 4 aromatic rings. The lowest BCUT2D eigenvalue weighted by Gasteiger charge is -2.20. The number of hydrogen-bond donors (Lipinski definition) is 0. The van der Waals surface area contributed by atoms with Crippen molar-refractivity contribution in [2.45, 2.75) is 53.3 Å². The summed E-state index contributed by atoms with van der Waals surface area (Å²) in [6, 6.07) is 6.92. The number of rotatable bonds is 12. The number of hydrogen-bond acceptors (Lipinski definition) is 4. The van der Waals surface area contributed by atoms with Gasteiger partial charge in [-0.25, -0.2) is 9.37 Å². The Morgan fingerprint density at radius 2 is 1.90 bits per heavy atom. The molecule has 0 radical (unpaired) electrons. The second kappa shape index (κ2) is 12.8. The Balaban J connectivity index is 1.60. The van der Waals surface area contributed by atoms with Gasteiger partial charge in [0.05, 0.1) is 17.6 Å². The molecule has 0 spiro atoms. The smallest absolute Gasteiger partial charge is 0.403 e. The maximum atomic E-state index is 14.5. The third-order valence-corrected chi connectivity index (χ3v) is 8.72. The van der Waals surface area contributed by atoms with Gasteiger partial charge in [0.25, 0.3) is 0 Å². The highest BCUT2D eigenvalue weighted by atomic mass is 32.2. The molecule has 0 aliphatic rings. The molecule has 2 atom stereocenters. The molecule has 0 aliphatic heterocycles. The first kappa shape index (κ1) is 31.5. The van der Waals surface area contributed by atoms with E-state index in [2.05, 4.69) is 43.6 Å². The van der Waals surface area contributed by atoms with Crippen molar-refractivity contribution in [3.05, 3.63) is 72.5 Å². The van der Waals surface area contributed by atoms with Gasteiger partial charge in [-0.1, -0.05) is 46.3 Å². The Hall–Kier alpha value is -3.47. The monoisotopic (exact) mass is 604 g/mol. The SMILES string of the molecule is CCC(C)CS(=O)C/C=C/C(C)(C)CCc1cn(-c2cnn(C)c2)c2nc(-c3ccc(OC(F)(F)F)c(F)c3)ccc12. The molecule has 3 aromatic heterocycles. The molecule has 226 valence electrons. The van der Waals surface area contributed by atoms with Gasteiger partial charge in [-0.3, -0.25) is 13.5 Å². The molecule has 4 rings (SSSR count). The van der Waals surface area contributed by atoms with Gasteiger partial charge in [-0.05, 0) is 60.1 Å². The predicted octanol–water partition coefficient (Wildman–Crippen LogP) is 7.77. The van der Waals surface area contributed by atoms with E-state index in [0.29, 0.717) is 34.3 Å². The summed E-state index contributed by atoms with van der Waals surface area (Å²) >= 11 is 0. The Morgan fingerprint density at radius 1 is 1.14 bits per heavy atom. The number of aryl methyl sites for hydroxylation is 2. The van der Waals surface area contributed by atoms with Crippen LogP contribution in [0, 0.1) is 17.2 Å². The highest BCUT2D eigenvalue weighted by molar-refractivity contribution is 7.85. The average molecular weight is 605 g/mol. The Bertz CT molecular complexity index is 1590. The number of benzene rings is 1. The molecule has 6 nitrogen and oxygen atoms in total. The molecule has 3 heterocycles. The van der Waals surface area contributed by atoms with Crippen molar-refractivity contribution < 1.29 is 26.5 Å². The maximum absolute atomic E-state index is 14.5. The molecule has 1 aromatic carbocycles. The molecule has 42 heavy (non-hydrogen) atoms. The molecule has 0 fully saturated rings. The molecular formula is C31H36F4N4O2S. The summed E-state index contributed by atoms with van der Waals surface area (Å²) in [7, 11) is 0.941. The summed E-state index contributed by atoms with van der Waals surface area (Å²) < 4.78 is 71.9. The van der Waals surface area contributed by atoms with Crippen LogP contribution in [0.1, 0.15) is 46.1 Å². The van der Waals surface area contributed by atoms with Crippen LogP contribution in [0.5, 0.6) is 5.75 Å². The van der Waals surface area contributed by atoms with Crippen LogP contribution in [0.2, 0.25) is 0 Å². The summed E-state index contributed by atoms with van der Waals surface area (Å²) in [5.74, 6) is -0.325. The van der Waals surface area contributed by atoms with Crippen LogP contribution in [-0.4, -0.2) is 41.4 Å². The number of alkyl halides is 3. The van der Waals surface area contributed by atoms with Crippen molar-refractivity contribution >= 4 is 21.8 Å². The number of ether oxygens (including phenoxy) is 1. The van der Waals surface area contributed by atoms with Gasteiger partial charge < -0.3 is 4.74 Å². The lowest BCUT2D eigenvalue weighted by atomic mass is 9.86. The number of halogens is 4. The van der Waals surface area contributed by atoms with Crippen molar-refractivity contribution in [2.75, 3.05) is 11.5 Å². The summed E-state index contributed by atoms with van der Waals surface area (Å²) in [4.78, 5) is 4.79. The van der Waals surface area contributed by atoms with Crippen molar-refractivity contribution in [1.82, 2.24) is 19.3 Å².